The Morgan fingerprint density at radius 2 is 2.24 bits per heavy atom. The van der Waals surface area contributed by atoms with Gasteiger partial charge in [-0.25, -0.2) is 9.98 Å². The van der Waals surface area contributed by atoms with Gasteiger partial charge in [-0.3, -0.25) is 9.98 Å². The standard InChI is InChI=1S/C11H15N5S/c17-8-4-2-1-3-7(8)16-11-9-10(13-5-12-9)14-6-15-11/h5-9,17H,1-4H2,(H,12,13,14,15,16). The zero-order valence-electron chi connectivity index (χ0n) is 9.45. The zero-order chi connectivity index (χ0) is 11.7. The summed E-state index contributed by atoms with van der Waals surface area (Å²) in [5, 5.41) is 3.35. The van der Waals surface area contributed by atoms with E-state index in [0.29, 0.717) is 5.25 Å². The zero-order valence-corrected chi connectivity index (χ0v) is 10.3. The van der Waals surface area contributed by atoms with E-state index in [1.165, 1.54) is 12.8 Å². The fraction of sp³-hybridized carbons (Fsp3) is 0.636. The maximum absolute atomic E-state index is 4.73. The van der Waals surface area contributed by atoms with Crippen LogP contribution in [0.3, 0.4) is 0 Å². The van der Waals surface area contributed by atoms with Gasteiger partial charge in [0.15, 0.2) is 11.9 Å². The van der Waals surface area contributed by atoms with E-state index in [4.69, 9.17) is 4.99 Å². The minimum atomic E-state index is -0.123. The van der Waals surface area contributed by atoms with Crippen LogP contribution >= 0.6 is 12.6 Å². The van der Waals surface area contributed by atoms with Gasteiger partial charge in [-0.15, -0.1) is 0 Å². The molecule has 2 heterocycles. The molecule has 0 radical (unpaired) electrons. The van der Waals surface area contributed by atoms with Crippen molar-refractivity contribution in [3.05, 3.63) is 0 Å². The van der Waals surface area contributed by atoms with Gasteiger partial charge < -0.3 is 5.32 Å². The highest BCUT2D eigenvalue weighted by molar-refractivity contribution is 7.81. The number of nitrogens with zero attached hydrogens (tertiary/aromatic N) is 4. The summed E-state index contributed by atoms with van der Waals surface area (Å²) in [6.45, 7) is 0. The van der Waals surface area contributed by atoms with Crippen LogP contribution in [0.5, 0.6) is 0 Å². The van der Waals surface area contributed by atoms with E-state index in [-0.39, 0.29) is 12.1 Å². The summed E-state index contributed by atoms with van der Waals surface area (Å²) in [7, 11) is 0. The number of fused-ring (bicyclic) bond motifs is 1. The molecule has 0 aromatic rings. The Labute approximate surface area is 106 Å². The Morgan fingerprint density at radius 3 is 3.12 bits per heavy atom. The first-order valence-corrected chi connectivity index (χ1v) is 6.50. The van der Waals surface area contributed by atoms with E-state index in [0.717, 1.165) is 24.5 Å². The molecule has 0 amide bonds. The Bertz CT molecular complexity index is 426. The van der Waals surface area contributed by atoms with E-state index < -0.39 is 0 Å². The van der Waals surface area contributed by atoms with Crippen LogP contribution in [0.15, 0.2) is 20.0 Å². The quantitative estimate of drug-likeness (QED) is 0.671. The van der Waals surface area contributed by atoms with Gasteiger partial charge in [-0.1, -0.05) is 12.8 Å². The van der Waals surface area contributed by atoms with Crippen molar-refractivity contribution in [1.82, 2.24) is 5.32 Å². The first-order valence-electron chi connectivity index (χ1n) is 5.99. The normalized spacial score (nSPS) is 37.8. The summed E-state index contributed by atoms with van der Waals surface area (Å²) in [5.41, 5.74) is 0. The molecule has 0 aromatic heterocycles. The van der Waals surface area contributed by atoms with E-state index in [1.807, 2.05) is 0 Å². The van der Waals surface area contributed by atoms with Crippen LogP contribution in [0.4, 0.5) is 0 Å². The van der Waals surface area contributed by atoms with Crippen LogP contribution in [0, 0.1) is 0 Å². The van der Waals surface area contributed by atoms with Crippen molar-refractivity contribution in [2.24, 2.45) is 20.0 Å². The summed E-state index contributed by atoms with van der Waals surface area (Å²) < 4.78 is 0. The van der Waals surface area contributed by atoms with Gasteiger partial charge >= 0.3 is 0 Å². The van der Waals surface area contributed by atoms with Gasteiger partial charge in [0, 0.05) is 5.25 Å². The van der Waals surface area contributed by atoms with E-state index in [1.54, 1.807) is 12.7 Å². The predicted octanol–water partition coefficient (Wildman–Crippen LogP) is 1.07. The smallest absolute Gasteiger partial charge is 0.168 e. The number of nitrogens with one attached hydrogen (secondary N) is 1. The molecule has 3 rings (SSSR count). The highest BCUT2D eigenvalue weighted by Gasteiger charge is 2.29. The first-order chi connectivity index (χ1) is 8.34. The number of hydrogen-bond acceptors (Lipinski definition) is 5. The maximum atomic E-state index is 4.73. The van der Waals surface area contributed by atoms with Crippen molar-refractivity contribution in [3.63, 3.8) is 0 Å². The highest BCUT2D eigenvalue weighted by Crippen LogP contribution is 2.26. The van der Waals surface area contributed by atoms with Crippen LogP contribution in [0.2, 0.25) is 0 Å². The molecule has 6 heteroatoms. The van der Waals surface area contributed by atoms with Crippen LogP contribution in [-0.4, -0.2) is 41.7 Å². The topological polar surface area (TPSA) is 61.5 Å². The predicted molar refractivity (Wildman–Crippen MR) is 73.8 cm³/mol. The van der Waals surface area contributed by atoms with Gasteiger partial charge in [0.1, 0.15) is 12.2 Å². The van der Waals surface area contributed by atoms with E-state index >= 15 is 0 Å². The van der Waals surface area contributed by atoms with Crippen LogP contribution < -0.4 is 5.32 Å². The SMILES string of the molecule is SC1CCCCC1N=C1N=CNC2=NC=NC12. The lowest BCUT2D eigenvalue weighted by Crippen LogP contribution is -2.41. The summed E-state index contributed by atoms with van der Waals surface area (Å²) >= 11 is 4.61. The van der Waals surface area contributed by atoms with Gasteiger partial charge in [-0.2, -0.15) is 12.6 Å². The van der Waals surface area contributed by atoms with Crippen molar-refractivity contribution in [2.45, 2.75) is 43.0 Å². The molecular formula is C11H15N5S. The molecule has 90 valence electrons. The third-order valence-corrected chi connectivity index (χ3v) is 3.92. The molecule has 5 nitrogen and oxygen atoms in total. The molecule has 3 unspecified atom stereocenters. The third kappa shape index (κ3) is 2.13. The average Bonchev–Trinajstić information content (AvgIpc) is 2.81. The lowest BCUT2D eigenvalue weighted by atomic mass is 9.95. The van der Waals surface area contributed by atoms with Gasteiger partial charge in [0.25, 0.3) is 0 Å². The molecule has 2 aliphatic heterocycles. The molecule has 1 saturated carbocycles. The Kier molecular flexibility index (Phi) is 2.96. The largest absolute Gasteiger partial charge is 0.332 e. The molecule has 0 saturated heterocycles. The highest BCUT2D eigenvalue weighted by atomic mass is 32.1. The van der Waals surface area contributed by atoms with E-state index in [2.05, 4.69) is 32.9 Å². The minimum absolute atomic E-state index is 0.123. The minimum Gasteiger partial charge on any atom is -0.332 e. The Hall–Kier alpha value is -1.17. The second kappa shape index (κ2) is 4.60. The number of amidine groups is 2. The lowest BCUT2D eigenvalue weighted by molar-refractivity contribution is 0.456. The van der Waals surface area contributed by atoms with Gasteiger partial charge in [0.2, 0.25) is 0 Å². The molecule has 1 N–H and O–H groups in total. The van der Waals surface area contributed by atoms with Crippen molar-refractivity contribution in [1.29, 1.82) is 0 Å². The number of rotatable bonds is 1. The lowest BCUT2D eigenvalue weighted by Gasteiger charge is -2.26. The monoisotopic (exact) mass is 249 g/mol. The fourth-order valence-corrected chi connectivity index (χ4v) is 2.76. The first kappa shape index (κ1) is 11.0. The van der Waals surface area contributed by atoms with Crippen molar-refractivity contribution in [2.75, 3.05) is 0 Å². The summed E-state index contributed by atoms with van der Waals surface area (Å²) in [5.74, 6) is 1.59. The second-order valence-corrected chi connectivity index (χ2v) is 5.15. The molecule has 17 heavy (non-hydrogen) atoms. The van der Waals surface area contributed by atoms with Crippen LogP contribution in [-0.2, 0) is 0 Å². The molecule has 0 bridgehead atoms. The second-order valence-electron chi connectivity index (χ2n) is 4.49. The summed E-state index contributed by atoms with van der Waals surface area (Å²) in [6.07, 6.45) is 7.93. The summed E-state index contributed by atoms with van der Waals surface area (Å²) in [6, 6.07) is 0.150. The maximum Gasteiger partial charge on any atom is 0.168 e. The molecule has 0 aromatic carbocycles. The van der Waals surface area contributed by atoms with E-state index in [9.17, 15) is 0 Å². The van der Waals surface area contributed by atoms with Crippen LogP contribution in [0.1, 0.15) is 25.7 Å². The fourth-order valence-electron chi connectivity index (χ4n) is 2.36. The Morgan fingerprint density at radius 1 is 1.35 bits per heavy atom. The number of aliphatic imine (C=N–C) groups is 4. The van der Waals surface area contributed by atoms with Crippen LogP contribution in [0.25, 0.3) is 0 Å². The number of hydrogen-bond donors (Lipinski definition) is 2. The average molecular weight is 249 g/mol. The Balaban J connectivity index is 1.82. The van der Waals surface area contributed by atoms with Gasteiger partial charge in [-0.05, 0) is 12.8 Å². The van der Waals surface area contributed by atoms with Crippen molar-refractivity contribution in [3.8, 4) is 0 Å². The molecule has 1 aliphatic carbocycles. The molecule has 3 atom stereocenters. The third-order valence-electron chi connectivity index (χ3n) is 3.32. The van der Waals surface area contributed by atoms with Crippen molar-refractivity contribution < 1.29 is 0 Å². The molecule has 3 aliphatic rings. The van der Waals surface area contributed by atoms with Gasteiger partial charge in [0.05, 0.1) is 12.4 Å². The van der Waals surface area contributed by atoms with Crippen molar-refractivity contribution >= 4 is 37.0 Å². The summed E-state index contributed by atoms with van der Waals surface area (Å²) in [4.78, 5) is 17.4. The molecule has 0 spiro atoms. The molecule has 1 fully saturated rings. The molecular weight excluding hydrogens is 234 g/mol. The number of thiol groups is 1.